The Hall–Kier alpha value is -1.84. The largest absolute Gasteiger partial charge is 0.507 e. The molecule has 0 radical (unpaired) electrons. The van der Waals surface area contributed by atoms with Gasteiger partial charge >= 0.3 is 0 Å². The average molecular weight is 230 g/mol. The maximum atomic E-state index is 11.3. The first kappa shape index (κ1) is 10.3. The van der Waals surface area contributed by atoms with Crippen molar-refractivity contribution in [1.82, 2.24) is 5.32 Å². The van der Waals surface area contributed by atoms with Crippen molar-refractivity contribution in [1.29, 1.82) is 0 Å². The van der Waals surface area contributed by atoms with E-state index in [-0.39, 0.29) is 23.2 Å². The highest BCUT2D eigenvalue weighted by atomic mass is 16.3. The first-order valence-electron chi connectivity index (χ1n) is 5.73. The standard InChI is InChI=1S/C13H14N2O2/c1-13-6-9(8-4-2-3-5-10(8)16)14-12(13)15-11(17)7-13/h2-5,12,16H,6-7H2,1H3,(H,15,17)/t12-,13+/m1/s1. The highest BCUT2D eigenvalue weighted by Crippen LogP contribution is 2.42. The molecular weight excluding hydrogens is 216 g/mol. The van der Waals surface area contributed by atoms with Crippen molar-refractivity contribution in [2.45, 2.75) is 25.9 Å². The molecule has 0 saturated carbocycles. The van der Waals surface area contributed by atoms with E-state index < -0.39 is 0 Å². The second-order valence-electron chi connectivity index (χ2n) is 5.07. The summed E-state index contributed by atoms with van der Waals surface area (Å²) in [5.41, 5.74) is 1.53. The van der Waals surface area contributed by atoms with E-state index in [9.17, 15) is 9.90 Å². The van der Waals surface area contributed by atoms with E-state index in [0.717, 1.165) is 17.7 Å². The number of para-hydroxylation sites is 1. The van der Waals surface area contributed by atoms with Gasteiger partial charge in [-0.3, -0.25) is 9.79 Å². The molecule has 1 aromatic carbocycles. The molecule has 3 rings (SSSR count). The van der Waals surface area contributed by atoms with Crippen molar-refractivity contribution in [3.63, 3.8) is 0 Å². The molecule has 1 amide bonds. The van der Waals surface area contributed by atoms with Crippen LogP contribution in [0.2, 0.25) is 0 Å². The smallest absolute Gasteiger partial charge is 0.222 e. The van der Waals surface area contributed by atoms with E-state index in [4.69, 9.17) is 0 Å². The molecule has 0 aromatic heterocycles. The highest BCUT2D eigenvalue weighted by Gasteiger charge is 2.48. The third-order valence-electron chi connectivity index (χ3n) is 3.59. The van der Waals surface area contributed by atoms with Crippen molar-refractivity contribution in [3.05, 3.63) is 29.8 Å². The van der Waals surface area contributed by atoms with Crippen LogP contribution in [-0.2, 0) is 4.79 Å². The van der Waals surface area contributed by atoms with Crippen LogP contribution in [0, 0.1) is 5.41 Å². The van der Waals surface area contributed by atoms with Gasteiger partial charge in [0.1, 0.15) is 11.9 Å². The Morgan fingerprint density at radius 3 is 2.88 bits per heavy atom. The lowest BCUT2D eigenvalue weighted by Crippen LogP contribution is -2.29. The zero-order valence-corrected chi connectivity index (χ0v) is 9.60. The number of hydrogen-bond donors (Lipinski definition) is 2. The lowest BCUT2D eigenvalue weighted by atomic mass is 9.83. The van der Waals surface area contributed by atoms with Gasteiger partial charge in [-0.2, -0.15) is 0 Å². The molecule has 4 heteroatoms. The number of fused-ring (bicyclic) bond motifs is 1. The fourth-order valence-electron chi connectivity index (χ4n) is 2.65. The average Bonchev–Trinajstić information content (AvgIpc) is 2.68. The Balaban J connectivity index is 1.97. The Bertz CT molecular complexity index is 524. The van der Waals surface area contributed by atoms with Gasteiger partial charge in [0, 0.05) is 23.1 Å². The minimum atomic E-state index is -0.135. The van der Waals surface area contributed by atoms with E-state index >= 15 is 0 Å². The molecule has 2 heterocycles. The summed E-state index contributed by atoms with van der Waals surface area (Å²) >= 11 is 0. The fourth-order valence-corrected chi connectivity index (χ4v) is 2.65. The first-order valence-corrected chi connectivity index (χ1v) is 5.73. The monoisotopic (exact) mass is 230 g/mol. The van der Waals surface area contributed by atoms with Crippen LogP contribution in [0.5, 0.6) is 5.75 Å². The number of hydrogen-bond acceptors (Lipinski definition) is 3. The van der Waals surface area contributed by atoms with Crippen LogP contribution in [0.4, 0.5) is 0 Å². The Kier molecular flexibility index (Phi) is 2.02. The molecule has 0 aliphatic carbocycles. The number of aromatic hydroxyl groups is 1. The van der Waals surface area contributed by atoms with E-state index in [0.29, 0.717) is 6.42 Å². The molecule has 0 unspecified atom stereocenters. The van der Waals surface area contributed by atoms with Crippen LogP contribution in [0.3, 0.4) is 0 Å². The van der Waals surface area contributed by atoms with Gasteiger partial charge in [-0.25, -0.2) is 0 Å². The molecule has 2 aliphatic heterocycles. The number of benzene rings is 1. The van der Waals surface area contributed by atoms with Gasteiger partial charge < -0.3 is 10.4 Å². The lowest BCUT2D eigenvalue weighted by Gasteiger charge is -2.19. The SMILES string of the molecule is C[C@]12CC(=O)N[C@H]1N=C(c1ccccc1O)C2. The van der Waals surface area contributed by atoms with Crippen LogP contribution in [-0.4, -0.2) is 22.9 Å². The Labute approximate surface area is 99.4 Å². The second kappa shape index (κ2) is 3.32. The first-order chi connectivity index (χ1) is 8.08. The highest BCUT2D eigenvalue weighted by molar-refractivity contribution is 6.05. The number of carbonyl (C=O) groups is 1. The van der Waals surface area contributed by atoms with E-state index in [1.807, 2.05) is 12.1 Å². The van der Waals surface area contributed by atoms with Gasteiger partial charge in [-0.1, -0.05) is 19.1 Å². The van der Waals surface area contributed by atoms with Crippen LogP contribution < -0.4 is 5.32 Å². The number of rotatable bonds is 1. The number of carbonyl (C=O) groups excluding carboxylic acids is 1. The Morgan fingerprint density at radius 2 is 2.18 bits per heavy atom. The van der Waals surface area contributed by atoms with Crippen LogP contribution in [0.1, 0.15) is 25.3 Å². The van der Waals surface area contributed by atoms with Gasteiger partial charge in [0.25, 0.3) is 0 Å². The Morgan fingerprint density at radius 1 is 1.41 bits per heavy atom. The molecule has 0 spiro atoms. The number of nitrogens with zero attached hydrogens (tertiary/aromatic N) is 1. The summed E-state index contributed by atoms with van der Waals surface area (Å²) in [6, 6.07) is 7.19. The van der Waals surface area contributed by atoms with Gasteiger partial charge in [0.05, 0.1) is 0 Å². The van der Waals surface area contributed by atoms with Crippen LogP contribution in [0.15, 0.2) is 29.3 Å². The van der Waals surface area contributed by atoms with Gasteiger partial charge in [-0.15, -0.1) is 0 Å². The number of phenols is 1. The molecule has 1 saturated heterocycles. The normalized spacial score (nSPS) is 31.0. The quantitative estimate of drug-likeness (QED) is 0.766. The van der Waals surface area contributed by atoms with E-state index in [1.165, 1.54) is 0 Å². The van der Waals surface area contributed by atoms with Gasteiger partial charge in [-0.05, 0) is 18.6 Å². The molecule has 88 valence electrons. The second-order valence-corrected chi connectivity index (χ2v) is 5.07. The maximum absolute atomic E-state index is 11.3. The predicted octanol–water partition coefficient (Wildman–Crippen LogP) is 1.44. The topological polar surface area (TPSA) is 61.7 Å². The van der Waals surface area contributed by atoms with Crippen molar-refractivity contribution in [2.75, 3.05) is 0 Å². The van der Waals surface area contributed by atoms with Crippen molar-refractivity contribution < 1.29 is 9.90 Å². The molecule has 17 heavy (non-hydrogen) atoms. The zero-order valence-electron chi connectivity index (χ0n) is 9.60. The third kappa shape index (κ3) is 1.52. The zero-order chi connectivity index (χ0) is 12.0. The molecule has 2 aliphatic rings. The third-order valence-corrected chi connectivity index (χ3v) is 3.59. The molecule has 0 bridgehead atoms. The lowest BCUT2D eigenvalue weighted by molar-refractivity contribution is -0.119. The van der Waals surface area contributed by atoms with Crippen LogP contribution in [0.25, 0.3) is 0 Å². The molecule has 2 N–H and O–H groups in total. The van der Waals surface area contributed by atoms with Crippen LogP contribution >= 0.6 is 0 Å². The molecule has 1 fully saturated rings. The molecular formula is C13H14N2O2. The minimum Gasteiger partial charge on any atom is -0.507 e. The predicted molar refractivity (Wildman–Crippen MR) is 63.9 cm³/mol. The fraction of sp³-hybridized carbons (Fsp3) is 0.385. The summed E-state index contributed by atoms with van der Waals surface area (Å²) < 4.78 is 0. The van der Waals surface area contributed by atoms with Gasteiger partial charge in [0.15, 0.2) is 0 Å². The van der Waals surface area contributed by atoms with Gasteiger partial charge in [0.2, 0.25) is 5.91 Å². The maximum Gasteiger partial charge on any atom is 0.222 e. The molecule has 2 atom stereocenters. The van der Waals surface area contributed by atoms with E-state index in [2.05, 4.69) is 17.2 Å². The van der Waals surface area contributed by atoms with E-state index in [1.54, 1.807) is 12.1 Å². The minimum absolute atomic E-state index is 0.0672. The summed E-state index contributed by atoms with van der Waals surface area (Å²) in [6.07, 6.45) is 1.11. The molecule has 4 nitrogen and oxygen atoms in total. The number of amides is 1. The molecule has 1 aromatic rings. The van der Waals surface area contributed by atoms with Crippen molar-refractivity contribution >= 4 is 11.6 Å². The number of phenolic OH excluding ortho intramolecular Hbond substituents is 1. The summed E-state index contributed by atoms with van der Waals surface area (Å²) in [6.45, 7) is 2.06. The summed E-state index contributed by atoms with van der Waals surface area (Å²) in [7, 11) is 0. The summed E-state index contributed by atoms with van der Waals surface area (Å²) in [4.78, 5) is 15.9. The van der Waals surface area contributed by atoms with Crippen molar-refractivity contribution in [3.8, 4) is 5.75 Å². The summed E-state index contributed by atoms with van der Waals surface area (Å²) in [5, 5.41) is 12.7. The van der Waals surface area contributed by atoms with Crippen molar-refractivity contribution in [2.24, 2.45) is 10.4 Å². The summed E-state index contributed by atoms with van der Waals surface area (Å²) in [5.74, 6) is 0.318. The number of nitrogens with one attached hydrogen (secondary N) is 1. The number of aliphatic imine (C=N–C) groups is 1.